The fraction of sp³-hybridized carbons (Fsp3) is 0.227. The van der Waals surface area contributed by atoms with Crippen molar-refractivity contribution in [3.05, 3.63) is 89.9 Å². The van der Waals surface area contributed by atoms with Crippen molar-refractivity contribution in [2.45, 2.75) is 23.8 Å². The lowest BCUT2D eigenvalue weighted by Crippen LogP contribution is -2.29. The topological polar surface area (TPSA) is 79.6 Å². The van der Waals surface area contributed by atoms with E-state index >= 15 is 0 Å². The first-order valence-electron chi connectivity index (χ1n) is 9.55. The van der Waals surface area contributed by atoms with E-state index < -0.39 is 16.1 Å². The molecule has 1 fully saturated rings. The van der Waals surface area contributed by atoms with Crippen molar-refractivity contribution >= 4 is 15.9 Å². The minimum atomic E-state index is -3.50. The Kier molecular flexibility index (Phi) is 5.51. The summed E-state index contributed by atoms with van der Waals surface area (Å²) in [7, 11) is -3.50. The zero-order valence-corrected chi connectivity index (χ0v) is 16.6. The van der Waals surface area contributed by atoms with Gasteiger partial charge in [-0.05, 0) is 54.8 Å². The van der Waals surface area contributed by atoms with Crippen LogP contribution < -0.4 is 5.32 Å². The number of benzene rings is 2. The summed E-state index contributed by atoms with van der Waals surface area (Å²) in [5.41, 5.74) is 1.28. The van der Waals surface area contributed by atoms with Gasteiger partial charge in [-0.15, -0.1) is 0 Å². The minimum Gasteiger partial charge on any atom is -0.467 e. The highest BCUT2D eigenvalue weighted by molar-refractivity contribution is 7.89. The van der Waals surface area contributed by atoms with E-state index in [0.29, 0.717) is 24.4 Å². The summed E-state index contributed by atoms with van der Waals surface area (Å²) in [5.74, 6) is 0.318. The normalized spacial score (nSPS) is 15.9. The molecule has 0 bridgehead atoms. The van der Waals surface area contributed by atoms with Crippen molar-refractivity contribution in [2.24, 2.45) is 0 Å². The third-order valence-corrected chi connectivity index (χ3v) is 6.97. The van der Waals surface area contributed by atoms with E-state index in [1.165, 1.54) is 16.4 Å². The summed E-state index contributed by atoms with van der Waals surface area (Å²) >= 11 is 0. The molecule has 0 spiro atoms. The molecule has 6 nitrogen and oxygen atoms in total. The number of furan rings is 1. The second-order valence-corrected chi connectivity index (χ2v) is 8.91. The number of amides is 1. The van der Waals surface area contributed by atoms with Crippen molar-refractivity contribution in [3.63, 3.8) is 0 Å². The minimum absolute atomic E-state index is 0.210. The third-order valence-electron chi connectivity index (χ3n) is 5.06. The van der Waals surface area contributed by atoms with Crippen molar-refractivity contribution in [3.8, 4) is 0 Å². The molecule has 3 aromatic rings. The Balaban J connectivity index is 1.54. The number of carbonyl (C=O) groups excluding carboxylic acids is 1. The van der Waals surface area contributed by atoms with E-state index in [1.807, 2.05) is 36.4 Å². The van der Waals surface area contributed by atoms with Gasteiger partial charge in [0.1, 0.15) is 11.8 Å². The Bertz CT molecular complexity index is 1060. The number of sulfonamides is 1. The lowest BCUT2D eigenvalue weighted by molar-refractivity contribution is 0.0939. The van der Waals surface area contributed by atoms with Gasteiger partial charge in [-0.25, -0.2) is 8.42 Å². The van der Waals surface area contributed by atoms with E-state index in [1.54, 1.807) is 24.5 Å². The first-order chi connectivity index (χ1) is 14.1. The van der Waals surface area contributed by atoms with Crippen LogP contribution in [0.1, 0.15) is 40.6 Å². The van der Waals surface area contributed by atoms with Crippen LogP contribution in [-0.4, -0.2) is 31.7 Å². The lowest BCUT2D eigenvalue weighted by Gasteiger charge is -2.18. The Labute approximate surface area is 170 Å². The maximum absolute atomic E-state index is 12.8. The molecule has 150 valence electrons. The summed E-state index contributed by atoms with van der Waals surface area (Å²) < 4.78 is 32.3. The fourth-order valence-electron chi connectivity index (χ4n) is 3.49. The maximum atomic E-state index is 12.8. The summed E-state index contributed by atoms with van der Waals surface area (Å²) in [4.78, 5) is 13.0. The average Bonchev–Trinajstić information content (AvgIpc) is 3.47. The second kappa shape index (κ2) is 8.23. The summed E-state index contributed by atoms with van der Waals surface area (Å²) in [6.45, 7) is 1.10. The maximum Gasteiger partial charge on any atom is 0.252 e. The first kappa shape index (κ1) is 19.4. The van der Waals surface area contributed by atoms with Gasteiger partial charge < -0.3 is 9.73 Å². The quantitative estimate of drug-likeness (QED) is 0.674. The van der Waals surface area contributed by atoms with Crippen LogP contribution in [0.4, 0.5) is 0 Å². The van der Waals surface area contributed by atoms with Crippen molar-refractivity contribution in [2.75, 3.05) is 13.1 Å². The molecule has 1 atom stereocenters. The van der Waals surface area contributed by atoms with Crippen molar-refractivity contribution in [1.82, 2.24) is 9.62 Å². The molecule has 1 amide bonds. The molecule has 1 aromatic heterocycles. The predicted octanol–water partition coefficient (Wildman–Crippen LogP) is 3.58. The standard InChI is InChI=1S/C22H22N2O4S/c25-22(23-21(20-9-6-16-28-20)17-7-2-1-3-8-17)18-10-12-19(13-11-18)29(26,27)24-14-4-5-15-24/h1-3,6-13,16,21H,4-5,14-15H2,(H,23,25)/t21-/m0/s1. The summed E-state index contributed by atoms with van der Waals surface area (Å²) in [6.07, 6.45) is 3.33. The molecule has 1 saturated heterocycles. The van der Waals surface area contributed by atoms with Crippen LogP contribution in [-0.2, 0) is 10.0 Å². The molecule has 29 heavy (non-hydrogen) atoms. The zero-order valence-electron chi connectivity index (χ0n) is 15.8. The molecular weight excluding hydrogens is 388 g/mol. The first-order valence-corrected chi connectivity index (χ1v) is 11.0. The molecule has 0 unspecified atom stereocenters. The highest BCUT2D eigenvalue weighted by Gasteiger charge is 2.27. The summed E-state index contributed by atoms with van der Waals surface area (Å²) in [6, 6.07) is 18.8. The number of hydrogen-bond acceptors (Lipinski definition) is 4. The molecule has 7 heteroatoms. The van der Waals surface area contributed by atoms with E-state index in [-0.39, 0.29) is 10.8 Å². The van der Waals surface area contributed by atoms with E-state index in [2.05, 4.69) is 5.32 Å². The largest absolute Gasteiger partial charge is 0.467 e. The molecule has 4 rings (SSSR count). The highest BCUT2D eigenvalue weighted by Crippen LogP contribution is 2.24. The molecule has 2 aromatic carbocycles. The van der Waals surface area contributed by atoms with Crippen LogP contribution >= 0.6 is 0 Å². The SMILES string of the molecule is O=C(N[C@@H](c1ccccc1)c1ccco1)c1ccc(S(=O)(=O)N2CCCC2)cc1. The number of hydrogen-bond donors (Lipinski definition) is 1. The van der Waals surface area contributed by atoms with Crippen LogP contribution in [0.2, 0.25) is 0 Å². The van der Waals surface area contributed by atoms with Gasteiger partial charge in [0.05, 0.1) is 11.2 Å². The number of nitrogens with zero attached hydrogens (tertiary/aromatic N) is 1. The van der Waals surface area contributed by atoms with Crippen LogP contribution in [0.15, 0.2) is 82.3 Å². The van der Waals surface area contributed by atoms with Crippen LogP contribution in [0.3, 0.4) is 0 Å². The van der Waals surface area contributed by atoms with Gasteiger partial charge >= 0.3 is 0 Å². The number of nitrogens with one attached hydrogen (secondary N) is 1. The van der Waals surface area contributed by atoms with E-state index in [4.69, 9.17) is 4.42 Å². The Morgan fingerprint density at radius 1 is 0.931 bits per heavy atom. The van der Waals surface area contributed by atoms with Gasteiger partial charge in [-0.3, -0.25) is 4.79 Å². The zero-order chi connectivity index (χ0) is 20.3. The molecule has 1 aliphatic heterocycles. The van der Waals surface area contributed by atoms with Crippen molar-refractivity contribution < 1.29 is 17.6 Å². The molecule has 1 N–H and O–H groups in total. The van der Waals surface area contributed by atoms with E-state index in [0.717, 1.165) is 18.4 Å². The van der Waals surface area contributed by atoms with Crippen LogP contribution in [0.5, 0.6) is 0 Å². The Hall–Kier alpha value is -2.90. The lowest BCUT2D eigenvalue weighted by atomic mass is 10.0. The summed E-state index contributed by atoms with van der Waals surface area (Å²) in [5, 5.41) is 2.97. The van der Waals surface area contributed by atoms with Gasteiger partial charge in [0.2, 0.25) is 10.0 Å². The second-order valence-electron chi connectivity index (χ2n) is 6.97. The molecule has 0 saturated carbocycles. The number of carbonyl (C=O) groups is 1. The third kappa shape index (κ3) is 4.11. The molecular formula is C22H22N2O4S. The number of rotatable bonds is 6. The van der Waals surface area contributed by atoms with E-state index in [9.17, 15) is 13.2 Å². The van der Waals surface area contributed by atoms with Crippen LogP contribution in [0.25, 0.3) is 0 Å². The smallest absolute Gasteiger partial charge is 0.252 e. The molecule has 0 radical (unpaired) electrons. The van der Waals surface area contributed by atoms with Crippen molar-refractivity contribution in [1.29, 1.82) is 0 Å². The predicted molar refractivity (Wildman–Crippen MR) is 109 cm³/mol. The Morgan fingerprint density at radius 2 is 1.62 bits per heavy atom. The molecule has 1 aliphatic rings. The molecule has 0 aliphatic carbocycles. The van der Waals surface area contributed by atoms with Gasteiger partial charge in [0.15, 0.2) is 0 Å². The monoisotopic (exact) mass is 410 g/mol. The van der Waals surface area contributed by atoms with Crippen LogP contribution in [0, 0.1) is 0 Å². The van der Waals surface area contributed by atoms with Gasteiger partial charge in [0, 0.05) is 18.7 Å². The van der Waals surface area contributed by atoms with Gasteiger partial charge in [0.25, 0.3) is 5.91 Å². The highest BCUT2D eigenvalue weighted by atomic mass is 32.2. The average molecular weight is 410 g/mol. The van der Waals surface area contributed by atoms with Gasteiger partial charge in [-0.2, -0.15) is 4.31 Å². The Morgan fingerprint density at radius 3 is 2.24 bits per heavy atom. The molecule has 2 heterocycles. The fourth-order valence-corrected chi connectivity index (χ4v) is 5.01. The van der Waals surface area contributed by atoms with Gasteiger partial charge in [-0.1, -0.05) is 30.3 Å².